The highest BCUT2D eigenvalue weighted by Gasteiger charge is 2.34. The number of rotatable bonds is 4. The molecule has 9 heteroatoms. The van der Waals surface area contributed by atoms with E-state index in [4.69, 9.17) is 16.3 Å². The van der Waals surface area contributed by atoms with Crippen molar-refractivity contribution >= 4 is 11.6 Å². The third-order valence-corrected chi connectivity index (χ3v) is 5.25. The predicted molar refractivity (Wildman–Crippen MR) is 96.6 cm³/mol. The Morgan fingerprint density at radius 1 is 1.25 bits per heavy atom. The molecule has 0 saturated heterocycles. The molecule has 0 unspecified atom stereocenters. The van der Waals surface area contributed by atoms with Crippen molar-refractivity contribution in [3.8, 4) is 11.4 Å². The zero-order valence-electron chi connectivity index (χ0n) is 15.2. The molecule has 28 heavy (non-hydrogen) atoms. The van der Waals surface area contributed by atoms with Gasteiger partial charge in [-0.1, -0.05) is 30.9 Å². The third-order valence-electron chi connectivity index (χ3n) is 4.95. The summed E-state index contributed by atoms with van der Waals surface area (Å²) in [5, 5.41) is 3.52. The second kappa shape index (κ2) is 8.11. The smallest absolute Gasteiger partial charge is 0.418 e. The van der Waals surface area contributed by atoms with Crippen LogP contribution in [0.25, 0.3) is 5.69 Å². The van der Waals surface area contributed by atoms with Crippen LogP contribution in [0.1, 0.15) is 43.2 Å². The van der Waals surface area contributed by atoms with Crippen LogP contribution in [0.3, 0.4) is 0 Å². The fourth-order valence-corrected chi connectivity index (χ4v) is 3.55. The van der Waals surface area contributed by atoms with Crippen LogP contribution in [0, 0.1) is 18.7 Å². The van der Waals surface area contributed by atoms with Gasteiger partial charge >= 0.3 is 6.18 Å². The lowest BCUT2D eigenvalue weighted by Gasteiger charge is -2.22. The van der Waals surface area contributed by atoms with Crippen molar-refractivity contribution in [3.63, 3.8) is 0 Å². The van der Waals surface area contributed by atoms with E-state index in [0.29, 0.717) is 23.4 Å². The van der Waals surface area contributed by atoms with Crippen molar-refractivity contribution in [3.05, 3.63) is 50.7 Å². The lowest BCUT2D eigenvalue weighted by Crippen LogP contribution is -2.28. The van der Waals surface area contributed by atoms with Gasteiger partial charge in [-0.2, -0.15) is 23.0 Å². The molecule has 4 nitrogen and oxygen atoms in total. The van der Waals surface area contributed by atoms with Gasteiger partial charge in [-0.3, -0.25) is 4.79 Å². The molecule has 1 aliphatic carbocycles. The Morgan fingerprint density at radius 2 is 1.93 bits per heavy atom. The average molecular weight is 419 g/mol. The summed E-state index contributed by atoms with van der Waals surface area (Å²) < 4.78 is 59.5. The van der Waals surface area contributed by atoms with Gasteiger partial charge in [0.05, 0.1) is 23.4 Å². The summed E-state index contributed by atoms with van der Waals surface area (Å²) in [5.74, 6) is -0.355. The summed E-state index contributed by atoms with van der Waals surface area (Å²) in [4.78, 5) is 12.4. The summed E-state index contributed by atoms with van der Waals surface area (Å²) in [6, 6.07) is 2.16. The Hall–Kier alpha value is -2.09. The molecule has 1 aromatic carbocycles. The van der Waals surface area contributed by atoms with Crippen molar-refractivity contribution in [2.24, 2.45) is 5.92 Å². The molecule has 2 aromatic rings. The molecule has 1 saturated carbocycles. The Kier molecular flexibility index (Phi) is 5.98. The van der Waals surface area contributed by atoms with Gasteiger partial charge < -0.3 is 4.74 Å². The van der Waals surface area contributed by atoms with Crippen LogP contribution in [-0.4, -0.2) is 16.4 Å². The minimum Gasteiger partial charge on any atom is -0.492 e. The molecule has 1 aromatic heterocycles. The molecular formula is C19H19ClF4N2O2. The zero-order chi connectivity index (χ0) is 20.5. The maximum absolute atomic E-state index is 14.4. The Balaban J connectivity index is 1.94. The highest BCUT2D eigenvalue weighted by molar-refractivity contribution is 6.32. The molecule has 3 rings (SSSR count). The van der Waals surface area contributed by atoms with Gasteiger partial charge in [-0.25, -0.2) is 4.39 Å². The molecule has 0 radical (unpaired) electrons. The van der Waals surface area contributed by atoms with Gasteiger partial charge in [0.25, 0.3) is 5.56 Å². The minimum atomic E-state index is -4.72. The summed E-state index contributed by atoms with van der Waals surface area (Å²) in [6.45, 7) is 1.43. The maximum Gasteiger partial charge on any atom is 0.418 e. The molecule has 0 bridgehead atoms. The van der Waals surface area contributed by atoms with E-state index in [2.05, 4.69) is 5.10 Å². The van der Waals surface area contributed by atoms with Gasteiger partial charge in [0.15, 0.2) is 5.82 Å². The van der Waals surface area contributed by atoms with Crippen molar-refractivity contribution in [2.75, 3.05) is 6.61 Å². The number of aromatic nitrogens is 2. The Bertz CT molecular complexity index is 921. The van der Waals surface area contributed by atoms with Crippen LogP contribution < -0.4 is 10.3 Å². The van der Waals surface area contributed by atoms with E-state index in [1.54, 1.807) is 0 Å². The van der Waals surface area contributed by atoms with Gasteiger partial charge in [-0.05, 0) is 31.7 Å². The average Bonchev–Trinajstić information content (AvgIpc) is 2.63. The van der Waals surface area contributed by atoms with Gasteiger partial charge in [0.2, 0.25) is 0 Å². The molecule has 0 aliphatic heterocycles. The largest absolute Gasteiger partial charge is 0.492 e. The number of ether oxygens (including phenoxy) is 1. The van der Waals surface area contributed by atoms with Gasteiger partial charge in [0, 0.05) is 11.6 Å². The van der Waals surface area contributed by atoms with Crippen LogP contribution in [0.15, 0.2) is 23.1 Å². The van der Waals surface area contributed by atoms with Crippen LogP contribution in [0.2, 0.25) is 5.02 Å². The first-order valence-electron chi connectivity index (χ1n) is 8.97. The number of halogens is 5. The van der Waals surface area contributed by atoms with E-state index in [9.17, 15) is 22.4 Å². The van der Waals surface area contributed by atoms with E-state index in [1.807, 2.05) is 0 Å². The Labute approximate surface area is 164 Å². The quantitative estimate of drug-likeness (QED) is 0.632. The second-order valence-corrected chi connectivity index (χ2v) is 7.35. The normalized spacial score (nSPS) is 15.6. The van der Waals surface area contributed by atoms with Gasteiger partial charge in [-0.15, -0.1) is 0 Å². The summed E-state index contributed by atoms with van der Waals surface area (Å²) in [5.41, 5.74) is -3.10. The third kappa shape index (κ3) is 4.32. The van der Waals surface area contributed by atoms with E-state index < -0.39 is 28.7 Å². The number of nitrogens with zero attached hydrogens (tertiary/aromatic N) is 2. The SMILES string of the molecule is Cc1c(C(F)(F)F)cnn(-c2cc(OCC3CCCCC3)c(Cl)cc2F)c1=O. The predicted octanol–water partition coefficient (Wildman–Crippen LogP) is 5.31. The lowest BCUT2D eigenvalue weighted by molar-refractivity contribution is -0.138. The first-order chi connectivity index (χ1) is 13.2. The van der Waals surface area contributed by atoms with Crippen molar-refractivity contribution in [1.82, 2.24) is 9.78 Å². The van der Waals surface area contributed by atoms with Crippen LogP contribution in [-0.2, 0) is 6.18 Å². The molecule has 0 N–H and O–H groups in total. The second-order valence-electron chi connectivity index (χ2n) is 6.95. The molecule has 0 amide bonds. The fourth-order valence-electron chi connectivity index (χ4n) is 3.35. The standard InChI is InChI=1S/C19H19ClF4N2O2/c1-11-13(19(22,23)24)9-25-26(18(11)27)16-8-17(14(20)7-15(16)21)28-10-12-5-3-2-4-6-12/h7-9,12H,2-6,10H2,1H3. The summed E-state index contributed by atoms with van der Waals surface area (Å²) in [7, 11) is 0. The topological polar surface area (TPSA) is 44.1 Å². The van der Waals surface area contributed by atoms with Crippen molar-refractivity contribution < 1.29 is 22.3 Å². The van der Waals surface area contributed by atoms with Crippen LogP contribution in [0.5, 0.6) is 5.75 Å². The van der Waals surface area contributed by atoms with Crippen molar-refractivity contribution in [2.45, 2.75) is 45.2 Å². The van der Waals surface area contributed by atoms with Crippen LogP contribution in [0.4, 0.5) is 17.6 Å². The summed E-state index contributed by atoms with van der Waals surface area (Å²) >= 11 is 6.04. The van der Waals surface area contributed by atoms with E-state index in [-0.39, 0.29) is 16.5 Å². The molecule has 1 aliphatic rings. The highest BCUT2D eigenvalue weighted by atomic mass is 35.5. The molecule has 0 atom stereocenters. The van der Waals surface area contributed by atoms with E-state index in [1.165, 1.54) is 12.5 Å². The first kappa shape index (κ1) is 20.6. The molecule has 1 fully saturated rings. The monoisotopic (exact) mass is 418 g/mol. The molecular weight excluding hydrogens is 400 g/mol. The number of hydrogen-bond acceptors (Lipinski definition) is 3. The first-order valence-corrected chi connectivity index (χ1v) is 9.34. The van der Waals surface area contributed by atoms with Crippen LogP contribution >= 0.6 is 11.6 Å². The number of alkyl halides is 3. The van der Waals surface area contributed by atoms with E-state index >= 15 is 0 Å². The lowest BCUT2D eigenvalue weighted by atomic mass is 9.90. The minimum absolute atomic E-state index is 0.0220. The zero-order valence-corrected chi connectivity index (χ0v) is 15.9. The maximum atomic E-state index is 14.4. The highest BCUT2D eigenvalue weighted by Crippen LogP contribution is 2.32. The van der Waals surface area contributed by atoms with E-state index in [0.717, 1.165) is 38.7 Å². The number of benzene rings is 1. The molecule has 0 spiro atoms. The van der Waals surface area contributed by atoms with Gasteiger partial charge in [0.1, 0.15) is 11.4 Å². The molecule has 152 valence electrons. The molecule has 1 heterocycles. The number of hydrogen-bond donors (Lipinski definition) is 0. The van der Waals surface area contributed by atoms with Crippen molar-refractivity contribution in [1.29, 1.82) is 0 Å². The Morgan fingerprint density at radius 3 is 2.57 bits per heavy atom. The summed E-state index contributed by atoms with van der Waals surface area (Å²) in [6.07, 6.45) is 1.30. The fraction of sp³-hybridized carbons (Fsp3) is 0.474.